The molecular weight excluding hydrogens is 326 g/mol. The topological polar surface area (TPSA) is 90.9 Å². The lowest BCUT2D eigenvalue weighted by molar-refractivity contribution is -0.151. The third-order valence-corrected chi connectivity index (χ3v) is 2.78. The van der Waals surface area contributed by atoms with Crippen molar-refractivity contribution < 1.29 is 28.6 Å². The fourth-order valence-electron chi connectivity index (χ4n) is 1.78. The minimum Gasteiger partial charge on any atom is -0.459 e. The standard InChI is InChI=1S/C18H23NO6/c1-5-23-15(20)11-14(19-17(22)25-18(2,3)4)16(21)24-12-13-9-7-6-8-10-13/h5-10,14H,1,11-12H2,2-4H3,(H,19,22)/t14-/m0/s1. The van der Waals surface area contributed by atoms with Gasteiger partial charge in [0.15, 0.2) is 0 Å². The first-order chi connectivity index (χ1) is 11.7. The van der Waals surface area contributed by atoms with Crippen LogP contribution in [0.3, 0.4) is 0 Å². The maximum atomic E-state index is 12.2. The Bertz CT molecular complexity index is 606. The molecule has 0 saturated carbocycles. The molecular formula is C18H23NO6. The van der Waals surface area contributed by atoms with Crippen molar-refractivity contribution >= 4 is 18.0 Å². The van der Waals surface area contributed by atoms with E-state index in [0.29, 0.717) is 0 Å². The van der Waals surface area contributed by atoms with Crippen molar-refractivity contribution in [3.05, 3.63) is 48.7 Å². The van der Waals surface area contributed by atoms with Gasteiger partial charge in [-0.05, 0) is 26.3 Å². The van der Waals surface area contributed by atoms with E-state index in [0.717, 1.165) is 11.8 Å². The van der Waals surface area contributed by atoms with E-state index in [2.05, 4.69) is 16.6 Å². The summed E-state index contributed by atoms with van der Waals surface area (Å²) in [4.78, 5) is 35.7. The molecule has 136 valence electrons. The molecule has 1 aromatic carbocycles. The quantitative estimate of drug-likeness (QED) is 0.462. The van der Waals surface area contributed by atoms with E-state index in [9.17, 15) is 14.4 Å². The third-order valence-electron chi connectivity index (χ3n) is 2.78. The Balaban J connectivity index is 2.71. The predicted molar refractivity (Wildman–Crippen MR) is 90.3 cm³/mol. The van der Waals surface area contributed by atoms with E-state index in [1.54, 1.807) is 45.0 Å². The van der Waals surface area contributed by atoms with Crippen molar-refractivity contribution in [2.75, 3.05) is 0 Å². The second-order valence-corrected chi connectivity index (χ2v) is 6.15. The van der Waals surface area contributed by atoms with Crippen LogP contribution in [0.2, 0.25) is 0 Å². The van der Waals surface area contributed by atoms with Gasteiger partial charge in [-0.15, -0.1) is 0 Å². The number of alkyl carbamates (subject to hydrolysis) is 1. The highest BCUT2D eigenvalue weighted by atomic mass is 16.6. The first-order valence-corrected chi connectivity index (χ1v) is 7.71. The molecule has 0 aliphatic heterocycles. The summed E-state index contributed by atoms with van der Waals surface area (Å²) in [5, 5.41) is 2.33. The summed E-state index contributed by atoms with van der Waals surface area (Å²) in [5.74, 6) is -1.50. The van der Waals surface area contributed by atoms with Gasteiger partial charge in [0.2, 0.25) is 0 Å². The van der Waals surface area contributed by atoms with Crippen molar-refractivity contribution in [2.45, 2.75) is 45.4 Å². The van der Waals surface area contributed by atoms with E-state index < -0.39 is 36.1 Å². The summed E-state index contributed by atoms with van der Waals surface area (Å²) < 4.78 is 14.8. The summed E-state index contributed by atoms with van der Waals surface area (Å²) in [5.41, 5.74) is 0.0324. The van der Waals surface area contributed by atoms with E-state index in [1.807, 2.05) is 6.07 Å². The maximum absolute atomic E-state index is 12.2. The summed E-state index contributed by atoms with van der Waals surface area (Å²) in [6, 6.07) is 7.79. The van der Waals surface area contributed by atoms with Crippen LogP contribution in [-0.2, 0) is 30.4 Å². The van der Waals surface area contributed by atoms with Crippen LogP contribution >= 0.6 is 0 Å². The molecule has 25 heavy (non-hydrogen) atoms. The Labute approximate surface area is 146 Å². The maximum Gasteiger partial charge on any atom is 0.408 e. The molecule has 0 aliphatic rings. The number of esters is 2. The van der Waals surface area contributed by atoms with Crippen LogP contribution in [0.4, 0.5) is 4.79 Å². The Kier molecular flexibility index (Phi) is 7.65. The number of carbonyl (C=O) groups is 3. The molecule has 0 aromatic heterocycles. The summed E-state index contributed by atoms with van der Waals surface area (Å²) in [7, 11) is 0. The Morgan fingerprint density at radius 2 is 1.84 bits per heavy atom. The molecule has 7 heteroatoms. The van der Waals surface area contributed by atoms with Crippen LogP contribution in [-0.4, -0.2) is 29.7 Å². The average Bonchev–Trinajstić information content (AvgIpc) is 2.51. The fraction of sp³-hybridized carbons (Fsp3) is 0.389. The fourth-order valence-corrected chi connectivity index (χ4v) is 1.78. The molecule has 0 unspecified atom stereocenters. The predicted octanol–water partition coefficient (Wildman–Crippen LogP) is 2.70. The SMILES string of the molecule is C=COC(=O)C[C@H](NC(=O)OC(C)(C)C)C(=O)OCc1ccccc1. The monoisotopic (exact) mass is 349 g/mol. The van der Waals surface area contributed by atoms with Gasteiger partial charge in [0.1, 0.15) is 18.2 Å². The van der Waals surface area contributed by atoms with Gasteiger partial charge in [-0.1, -0.05) is 36.9 Å². The first kappa shape index (κ1) is 20.2. The van der Waals surface area contributed by atoms with Crippen LogP contribution in [0.15, 0.2) is 43.2 Å². The zero-order chi connectivity index (χ0) is 18.9. The summed E-state index contributed by atoms with van der Waals surface area (Å²) in [6.07, 6.45) is -0.290. The van der Waals surface area contributed by atoms with Gasteiger partial charge < -0.3 is 19.5 Å². The van der Waals surface area contributed by atoms with Crippen LogP contribution in [0.1, 0.15) is 32.8 Å². The number of hydrogen-bond donors (Lipinski definition) is 1. The third kappa shape index (κ3) is 8.55. The number of nitrogens with one attached hydrogen (secondary N) is 1. The van der Waals surface area contributed by atoms with Gasteiger partial charge in [-0.2, -0.15) is 0 Å². The van der Waals surface area contributed by atoms with Crippen molar-refractivity contribution in [1.29, 1.82) is 0 Å². The average molecular weight is 349 g/mol. The van der Waals surface area contributed by atoms with Gasteiger partial charge in [0.25, 0.3) is 0 Å². The number of rotatable bonds is 7. The van der Waals surface area contributed by atoms with Gasteiger partial charge in [0.05, 0.1) is 12.7 Å². The largest absolute Gasteiger partial charge is 0.459 e. The molecule has 0 saturated heterocycles. The van der Waals surface area contributed by atoms with Crippen LogP contribution in [0.5, 0.6) is 0 Å². The normalized spacial score (nSPS) is 11.8. The lowest BCUT2D eigenvalue weighted by atomic mass is 10.2. The van der Waals surface area contributed by atoms with E-state index >= 15 is 0 Å². The van der Waals surface area contributed by atoms with Gasteiger partial charge >= 0.3 is 18.0 Å². The van der Waals surface area contributed by atoms with Gasteiger partial charge in [-0.3, -0.25) is 4.79 Å². The molecule has 0 radical (unpaired) electrons. The molecule has 0 aliphatic carbocycles. The second-order valence-electron chi connectivity index (χ2n) is 6.15. The van der Waals surface area contributed by atoms with Gasteiger partial charge in [0, 0.05) is 0 Å². The zero-order valence-electron chi connectivity index (χ0n) is 14.6. The van der Waals surface area contributed by atoms with Crippen molar-refractivity contribution in [2.24, 2.45) is 0 Å². The van der Waals surface area contributed by atoms with Crippen LogP contribution in [0, 0.1) is 0 Å². The van der Waals surface area contributed by atoms with E-state index in [4.69, 9.17) is 9.47 Å². The number of amides is 1. The smallest absolute Gasteiger partial charge is 0.408 e. The number of hydrogen-bond acceptors (Lipinski definition) is 6. The number of benzene rings is 1. The van der Waals surface area contributed by atoms with E-state index in [1.165, 1.54) is 0 Å². The van der Waals surface area contributed by atoms with Crippen LogP contribution in [0.25, 0.3) is 0 Å². The second kappa shape index (κ2) is 9.46. The highest BCUT2D eigenvalue weighted by Gasteiger charge is 2.28. The minimum absolute atomic E-state index is 0.0165. The first-order valence-electron chi connectivity index (χ1n) is 7.71. The lowest BCUT2D eigenvalue weighted by Gasteiger charge is -2.22. The molecule has 1 amide bonds. The summed E-state index contributed by atoms with van der Waals surface area (Å²) >= 11 is 0. The molecule has 0 fully saturated rings. The number of carbonyl (C=O) groups excluding carboxylic acids is 3. The minimum atomic E-state index is -1.23. The summed E-state index contributed by atoms with van der Waals surface area (Å²) in [6.45, 7) is 8.33. The van der Waals surface area contributed by atoms with Gasteiger partial charge in [-0.25, -0.2) is 9.59 Å². The van der Waals surface area contributed by atoms with Crippen molar-refractivity contribution in [3.63, 3.8) is 0 Å². The van der Waals surface area contributed by atoms with Crippen molar-refractivity contribution in [3.8, 4) is 0 Å². The molecule has 0 spiro atoms. The molecule has 1 rings (SSSR count). The Morgan fingerprint density at radius 1 is 1.20 bits per heavy atom. The van der Waals surface area contributed by atoms with Crippen LogP contribution < -0.4 is 5.32 Å². The molecule has 7 nitrogen and oxygen atoms in total. The lowest BCUT2D eigenvalue weighted by Crippen LogP contribution is -2.45. The Morgan fingerprint density at radius 3 is 2.40 bits per heavy atom. The molecule has 1 N–H and O–H groups in total. The zero-order valence-corrected chi connectivity index (χ0v) is 14.6. The highest BCUT2D eigenvalue weighted by Crippen LogP contribution is 2.09. The molecule has 1 aromatic rings. The number of ether oxygens (including phenoxy) is 3. The van der Waals surface area contributed by atoms with Crippen molar-refractivity contribution in [1.82, 2.24) is 5.32 Å². The molecule has 0 bridgehead atoms. The van der Waals surface area contributed by atoms with E-state index in [-0.39, 0.29) is 6.61 Å². The Hall–Kier alpha value is -2.83. The molecule has 1 atom stereocenters. The molecule has 0 heterocycles. The highest BCUT2D eigenvalue weighted by molar-refractivity contribution is 5.86.